The molecular formula is C19H24ClN3O9S. The molecule has 0 spiro atoms. The summed E-state index contributed by atoms with van der Waals surface area (Å²) in [4.78, 5) is 63.0. The van der Waals surface area contributed by atoms with Crippen molar-refractivity contribution in [2.45, 2.75) is 63.4 Å². The Morgan fingerprint density at radius 1 is 1.12 bits per heavy atom. The molecule has 33 heavy (non-hydrogen) atoms. The van der Waals surface area contributed by atoms with Crippen molar-refractivity contribution in [1.82, 2.24) is 14.9 Å². The van der Waals surface area contributed by atoms with Crippen molar-refractivity contribution in [3.63, 3.8) is 0 Å². The number of thioether (sulfide) groups is 1. The predicted molar refractivity (Wildman–Crippen MR) is 115 cm³/mol. The summed E-state index contributed by atoms with van der Waals surface area (Å²) in [7, 11) is 0. The minimum Gasteiger partial charge on any atom is -0.463 e. The topological polar surface area (TPSA) is 152 Å². The minimum absolute atomic E-state index is 0.184. The van der Waals surface area contributed by atoms with Gasteiger partial charge in [0.05, 0.1) is 0 Å². The van der Waals surface area contributed by atoms with Gasteiger partial charge in [-0.05, 0) is 6.26 Å². The van der Waals surface area contributed by atoms with E-state index in [4.69, 9.17) is 30.5 Å². The van der Waals surface area contributed by atoms with Crippen molar-refractivity contribution in [2.24, 2.45) is 0 Å². The van der Waals surface area contributed by atoms with Crippen LogP contribution in [0.2, 0.25) is 5.02 Å². The molecule has 1 aromatic rings. The monoisotopic (exact) mass is 505 g/mol. The third-order valence-corrected chi connectivity index (χ3v) is 5.35. The summed E-state index contributed by atoms with van der Waals surface area (Å²) >= 11 is 7.10. The van der Waals surface area contributed by atoms with Crippen molar-refractivity contribution >= 4 is 47.2 Å². The molecule has 12 nitrogen and oxygen atoms in total. The fourth-order valence-corrected chi connectivity index (χ4v) is 4.00. The van der Waals surface area contributed by atoms with E-state index in [0.717, 1.165) is 25.6 Å². The molecule has 2 rings (SSSR count). The van der Waals surface area contributed by atoms with Crippen molar-refractivity contribution in [3.05, 3.63) is 21.6 Å². The van der Waals surface area contributed by atoms with Crippen molar-refractivity contribution in [1.29, 1.82) is 0 Å². The van der Waals surface area contributed by atoms with E-state index in [2.05, 4.69) is 10.3 Å². The zero-order valence-electron chi connectivity index (χ0n) is 18.5. The maximum atomic E-state index is 12.0. The Kier molecular flexibility index (Phi) is 9.25. The van der Waals surface area contributed by atoms with Crippen LogP contribution in [0.5, 0.6) is 0 Å². The van der Waals surface area contributed by atoms with Gasteiger partial charge in [-0.25, -0.2) is 0 Å². The number of nitrogens with zero attached hydrogens (tertiary/aromatic N) is 2. The maximum Gasteiger partial charge on any atom is 0.303 e. The Morgan fingerprint density at radius 3 is 2.24 bits per heavy atom. The first-order chi connectivity index (χ1) is 15.4. The minimum atomic E-state index is -1.25. The van der Waals surface area contributed by atoms with Crippen LogP contribution < -0.4 is 10.9 Å². The number of aromatic nitrogens is 2. The van der Waals surface area contributed by atoms with Gasteiger partial charge in [-0.3, -0.25) is 28.5 Å². The summed E-state index contributed by atoms with van der Waals surface area (Å²) in [5.41, 5.74) is -0.671. The van der Waals surface area contributed by atoms with E-state index in [-0.39, 0.29) is 16.8 Å². The fourth-order valence-electron chi connectivity index (χ4n) is 3.31. The highest BCUT2D eigenvalue weighted by atomic mass is 35.5. The van der Waals surface area contributed by atoms with Gasteiger partial charge in [0.1, 0.15) is 23.8 Å². The van der Waals surface area contributed by atoms with Crippen LogP contribution in [0.1, 0.15) is 33.9 Å². The highest BCUT2D eigenvalue weighted by molar-refractivity contribution is 7.98. The van der Waals surface area contributed by atoms with Gasteiger partial charge in [0.25, 0.3) is 5.56 Å². The molecule has 0 saturated carbocycles. The molecule has 0 aromatic carbocycles. The lowest BCUT2D eigenvalue weighted by Crippen LogP contribution is -2.64. The average Bonchev–Trinajstić information content (AvgIpc) is 2.70. The molecular weight excluding hydrogens is 482 g/mol. The predicted octanol–water partition coefficient (Wildman–Crippen LogP) is 0.447. The molecule has 0 aliphatic carbocycles. The zero-order valence-corrected chi connectivity index (χ0v) is 20.1. The number of hydrogen-bond acceptors (Lipinski definition) is 11. The molecule has 182 valence electrons. The molecule has 14 heteroatoms. The van der Waals surface area contributed by atoms with Gasteiger partial charge in [-0.2, -0.15) is 4.98 Å². The Bertz CT molecular complexity index is 986. The second-order valence-electron chi connectivity index (χ2n) is 7.03. The number of nitrogens with one attached hydrogen (secondary N) is 1. The van der Waals surface area contributed by atoms with E-state index >= 15 is 0 Å². The lowest BCUT2D eigenvalue weighted by atomic mass is 9.95. The van der Waals surface area contributed by atoms with Crippen LogP contribution in [0.15, 0.2) is 16.1 Å². The first-order valence-corrected chi connectivity index (χ1v) is 11.3. The van der Waals surface area contributed by atoms with E-state index in [1.54, 1.807) is 6.26 Å². The third-order valence-electron chi connectivity index (χ3n) is 4.42. The lowest BCUT2D eigenvalue weighted by molar-refractivity contribution is -0.238. The number of ether oxygens (including phenoxy) is 4. The van der Waals surface area contributed by atoms with Gasteiger partial charge < -0.3 is 24.3 Å². The molecule has 5 atom stereocenters. The van der Waals surface area contributed by atoms with Crippen LogP contribution in [0.25, 0.3) is 0 Å². The molecule has 1 saturated heterocycles. The molecule has 1 fully saturated rings. The molecule has 1 aromatic heterocycles. The van der Waals surface area contributed by atoms with Crippen molar-refractivity contribution in [3.8, 4) is 0 Å². The quantitative estimate of drug-likeness (QED) is 0.238. The van der Waals surface area contributed by atoms with Crippen LogP contribution in [-0.4, -0.2) is 70.6 Å². The summed E-state index contributed by atoms with van der Waals surface area (Å²) < 4.78 is 23.3. The highest BCUT2D eigenvalue weighted by Crippen LogP contribution is 2.34. The van der Waals surface area contributed by atoms with E-state index in [9.17, 15) is 24.0 Å². The third kappa shape index (κ3) is 6.92. The molecule has 1 aliphatic rings. The zero-order chi connectivity index (χ0) is 24.9. The average molecular weight is 506 g/mol. The maximum absolute atomic E-state index is 12.0. The Hall–Kier alpha value is -2.64. The van der Waals surface area contributed by atoms with E-state index in [1.807, 2.05) is 0 Å². The Labute approximate surface area is 198 Å². The standard InChI is InChI=1S/C19H24ClN3O9S/c1-8(24)21-14-16(31-11(4)27)15(30-10(3)26)13(7-29-9(2)25)32-18(14)23-6-12(20)17(28)22-19(23)33-5/h6,13-16,18H,7H2,1-5H3,(H,21,24)/t13-,14-,15-,16-,18-/m1/s1. The summed E-state index contributed by atoms with van der Waals surface area (Å²) in [5.74, 6) is -2.56. The second kappa shape index (κ2) is 11.5. The largest absolute Gasteiger partial charge is 0.463 e. The number of carbonyl (C=O) groups excluding carboxylic acids is 4. The van der Waals surface area contributed by atoms with Gasteiger partial charge in [0, 0.05) is 33.9 Å². The number of halogens is 1. The molecule has 0 unspecified atom stereocenters. The number of rotatable bonds is 7. The van der Waals surface area contributed by atoms with Crippen LogP contribution in [0.4, 0.5) is 0 Å². The van der Waals surface area contributed by atoms with Crippen molar-refractivity contribution < 1.29 is 38.1 Å². The summed E-state index contributed by atoms with van der Waals surface area (Å²) in [6, 6.07) is -1.10. The SMILES string of the molecule is CSc1nc(=O)c(Cl)cn1[C@@H]1O[C@H](COC(C)=O)[C@@H](OC(C)=O)[C@H](OC(C)=O)[C@H]1NC(C)=O. The molecule has 0 radical (unpaired) electrons. The smallest absolute Gasteiger partial charge is 0.303 e. The van der Waals surface area contributed by atoms with Crippen molar-refractivity contribution in [2.75, 3.05) is 12.9 Å². The molecule has 1 aliphatic heterocycles. The first kappa shape index (κ1) is 26.6. The van der Waals surface area contributed by atoms with E-state index in [1.165, 1.54) is 24.6 Å². The molecule has 2 heterocycles. The van der Waals surface area contributed by atoms with E-state index < -0.39 is 60.0 Å². The fraction of sp³-hybridized carbons (Fsp3) is 0.579. The van der Waals surface area contributed by atoms with Gasteiger partial charge >= 0.3 is 17.9 Å². The number of hydrogen-bond donors (Lipinski definition) is 1. The second-order valence-corrected chi connectivity index (χ2v) is 8.21. The molecule has 1 N–H and O–H groups in total. The summed E-state index contributed by atoms with van der Waals surface area (Å²) in [5, 5.41) is 2.60. The summed E-state index contributed by atoms with van der Waals surface area (Å²) in [6.45, 7) is 4.35. The lowest BCUT2D eigenvalue weighted by Gasteiger charge is -2.46. The van der Waals surface area contributed by atoms with Crippen LogP contribution in [0.3, 0.4) is 0 Å². The van der Waals surface area contributed by atoms with Gasteiger partial charge in [0.15, 0.2) is 23.6 Å². The van der Waals surface area contributed by atoms with Crippen LogP contribution >= 0.6 is 23.4 Å². The number of amides is 1. The van der Waals surface area contributed by atoms with Gasteiger partial charge in [0.2, 0.25) is 5.91 Å². The Balaban J connectivity index is 2.67. The van der Waals surface area contributed by atoms with E-state index in [0.29, 0.717) is 0 Å². The van der Waals surface area contributed by atoms with Gasteiger partial charge in [-0.15, -0.1) is 0 Å². The number of carbonyl (C=O) groups is 4. The number of esters is 3. The first-order valence-electron chi connectivity index (χ1n) is 9.67. The molecule has 0 bridgehead atoms. The van der Waals surface area contributed by atoms with Crippen LogP contribution in [-0.2, 0) is 38.1 Å². The normalized spacial score (nSPS) is 24.5. The Morgan fingerprint density at radius 2 is 1.73 bits per heavy atom. The van der Waals surface area contributed by atoms with Gasteiger partial charge in [-0.1, -0.05) is 23.4 Å². The highest BCUT2D eigenvalue weighted by Gasteiger charge is 2.51. The molecule has 1 amide bonds. The van der Waals surface area contributed by atoms with Crippen LogP contribution in [0, 0.1) is 0 Å². The summed E-state index contributed by atoms with van der Waals surface area (Å²) in [6.07, 6.45) is -1.81.